The summed E-state index contributed by atoms with van der Waals surface area (Å²) < 4.78 is 24.5. The maximum absolute atomic E-state index is 12.3. The van der Waals surface area contributed by atoms with E-state index in [1.807, 2.05) is 6.92 Å². The molecule has 94 valence electrons. The first-order valence-corrected chi connectivity index (χ1v) is 6.74. The van der Waals surface area contributed by atoms with Crippen LogP contribution in [0.4, 0.5) is 0 Å². The summed E-state index contributed by atoms with van der Waals surface area (Å²) in [5, 5.41) is 19.2. The number of phenols is 2. The molecule has 2 rings (SSSR count). The second kappa shape index (κ2) is 4.34. The summed E-state index contributed by atoms with van der Waals surface area (Å²) >= 11 is 0. The molecule has 0 bridgehead atoms. The molecule has 0 amide bonds. The third-order valence-corrected chi connectivity index (χ3v) is 4.42. The number of phenolic OH excluding ortho intramolecular Hbond substituents is 2. The fourth-order valence-corrected chi connectivity index (χ4v) is 3.04. The highest BCUT2D eigenvalue weighted by Crippen LogP contribution is 2.35. The minimum Gasteiger partial charge on any atom is -0.506 e. The normalized spacial score (nSPS) is 11.4. The van der Waals surface area contributed by atoms with Crippen LogP contribution >= 0.6 is 0 Å². The lowest BCUT2D eigenvalue weighted by atomic mass is 10.2. The lowest BCUT2D eigenvalue weighted by Gasteiger charge is -2.08. The molecular weight excluding hydrogens is 252 g/mol. The van der Waals surface area contributed by atoms with Crippen LogP contribution < -0.4 is 0 Å². The van der Waals surface area contributed by atoms with Gasteiger partial charge in [-0.25, -0.2) is 8.42 Å². The molecule has 0 unspecified atom stereocenters. The third kappa shape index (κ3) is 2.04. The molecule has 18 heavy (non-hydrogen) atoms. The van der Waals surface area contributed by atoms with Crippen molar-refractivity contribution >= 4 is 9.84 Å². The van der Waals surface area contributed by atoms with E-state index in [0.717, 1.165) is 5.56 Å². The van der Waals surface area contributed by atoms with Crippen LogP contribution in [0.5, 0.6) is 11.5 Å². The van der Waals surface area contributed by atoms with E-state index >= 15 is 0 Å². The van der Waals surface area contributed by atoms with Gasteiger partial charge in [-0.3, -0.25) is 0 Å². The zero-order valence-corrected chi connectivity index (χ0v) is 10.5. The summed E-state index contributed by atoms with van der Waals surface area (Å²) in [6.07, 6.45) is 0. The van der Waals surface area contributed by atoms with Crippen LogP contribution in [0, 0.1) is 6.92 Å². The van der Waals surface area contributed by atoms with E-state index in [-0.39, 0.29) is 4.90 Å². The van der Waals surface area contributed by atoms with Gasteiger partial charge in [0.05, 0.1) is 4.90 Å². The van der Waals surface area contributed by atoms with Crippen molar-refractivity contribution in [2.75, 3.05) is 0 Å². The average Bonchev–Trinajstić information content (AvgIpc) is 2.29. The summed E-state index contributed by atoms with van der Waals surface area (Å²) in [6.45, 7) is 1.84. The third-order valence-electron chi connectivity index (χ3n) is 2.57. The van der Waals surface area contributed by atoms with E-state index in [0.29, 0.717) is 0 Å². The van der Waals surface area contributed by atoms with E-state index in [1.165, 1.54) is 30.3 Å². The number of hydrogen-bond donors (Lipinski definition) is 2. The van der Waals surface area contributed by atoms with Crippen LogP contribution in [0.1, 0.15) is 5.56 Å². The summed E-state index contributed by atoms with van der Waals surface area (Å²) in [5.74, 6) is -0.925. The Balaban J connectivity index is 2.66. The molecule has 0 aliphatic carbocycles. The van der Waals surface area contributed by atoms with Crippen molar-refractivity contribution in [1.82, 2.24) is 0 Å². The Labute approximate surface area is 105 Å². The maximum Gasteiger partial charge on any atom is 0.213 e. The van der Waals surface area contributed by atoms with Crippen molar-refractivity contribution in [3.63, 3.8) is 0 Å². The Bertz CT molecular complexity index is 652. The van der Waals surface area contributed by atoms with Crippen molar-refractivity contribution in [3.05, 3.63) is 48.0 Å². The molecule has 0 aliphatic rings. The minimum absolute atomic E-state index is 0.0323. The van der Waals surface area contributed by atoms with Crippen molar-refractivity contribution in [2.24, 2.45) is 0 Å². The Morgan fingerprint density at radius 3 is 1.89 bits per heavy atom. The van der Waals surface area contributed by atoms with Gasteiger partial charge < -0.3 is 10.2 Å². The molecule has 0 atom stereocenters. The molecule has 2 aromatic carbocycles. The van der Waals surface area contributed by atoms with Gasteiger partial charge in [0.1, 0.15) is 11.5 Å². The van der Waals surface area contributed by atoms with Crippen LogP contribution in [0.25, 0.3) is 0 Å². The van der Waals surface area contributed by atoms with Crippen LogP contribution in [-0.2, 0) is 9.84 Å². The van der Waals surface area contributed by atoms with E-state index in [1.54, 1.807) is 12.1 Å². The lowest BCUT2D eigenvalue weighted by Crippen LogP contribution is -2.02. The molecule has 0 saturated carbocycles. The van der Waals surface area contributed by atoms with Crippen molar-refractivity contribution in [1.29, 1.82) is 0 Å². The second-order valence-corrected chi connectivity index (χ2v) is 5.83. The Hall–Kier alpha value is -2.01. The minimum atomic E-state index is -3.92. The molecule has 5 heteroatoms. The van der Waals surface area contributed by atoms with E-state index in [4.69, 9.17) is 0 Å². The molecule has 0 radical (unpaired) electrons. The van der Waals surface area contributed by atoms with Crippen LogP contribution in [0.15, 0.2) is 52.3 Å². The average molecular weight is 264 g/mol. The van der Waals surface area contributed by atoms with Crippen LogP contribution in [0.2, 0.25) is 0 Å². The van der Waals surface area contributed by atoms with Crippen molar-refractivity contribution in [3.8, 4) is 11.5 Å². The fraction of sp³-hybridized carbons (Fsp3) is 0.0769. The standard InChI is InChI=1S/C13H12O4S/c1-9-5-7-10(8-6-9)18(16,17)13-11(14)3-2-4-12(13)15/h2-8,14-15H,1H3. The van der Waals surface area contributed by atoms with E-state index in [9.17, 15) is 18.6 Å². The van der Waals surface area contributed by atoms with E-state index in [2.05, 4.69) is 0 Å². The zero-order valence-electron chi connectivity index (χ0n) is 9.66. The summed E-state index contributed by atoms with van der Waals surface area (Å²) in [7, 11) is -3.92. The highest BCUT2D eigenvalue weighted by molar-refractivity contribution is 7.91. The SMILES string of the molecule is Cc1ccc(S(=O)(=O)c2c(O)cccc2O)cc1. The highest BCUT2D eigenvalue weighted by atomic mass is 32.2. The molecule has 0 fully saturated rings. The molecule has 2 N–H and O–H groups in total. The molecule has 0 aliphatic heterocycles. The molecule has 0 heterocycles. The number of rotatable bonds is 2. The topological polar surface area (TPSA) is 74.6 Å². The van der Waals surface area contributed by atoms with Gasteiger partial charge in [-0.2, -0.15) is 0 Å². The molecule has 0 saturated heterocycles. The summed E-state index contributed by atoms with van der Waals surface area (Å²) in [6, 6.07) is 10.0. The Morgan fingerprint density at radius 2 is 1.39 bits per heavy atom. The molecule has 2 aromatic rings. The predicted molar refractivity (Wildman–Crippen MR) is 66.4 cm³/mol. The largest absolute Gasteiger partial charge is 0.506 e. The zero-order chi connectivity index (χ0) is 13.3. The van der Waals surface area contributed by atoms with Crippen molar-refractivity contribution in [2.45, 2.75) is 16.7 Å². The van der Waals surface area contributed by atoms with Gasteiger partial charge in [-0.15, -0.1) is 0 Å². The predicted octanol–water partition coefficient (Wildman–Crippen LogP) is 2.24. The van der Waals surface area contributed by atoms with Crippen molar-refractivity contribution < 1.29 is 18.6 Å². The van der Waals surface area contributed by atoms with Crippen LogP contribution in [0.3, 0.4) is 0 Å². The van der Waals surface area contributed by atoms with Gasteiger partial charge >= 0.3 is 0 Å². The van der Waals surface area contributed by atoms with Gasteiger partial charge in [-0.05, 0) is 31.2 Å². The maximum atomic E-state index is 12.3. The first kappa shape index (κ1) is 12.4. The fourth-order valence-electron chi connectivity index (χ4n) is 1.62. The molecular formula is C13H12O4S. The van der Waals surface area contributed by atoms with Gasteiger partial charge in [0, 0.05) is 0 Å². The van der Waals surface area contributed by atoms with Gasteiger partial charge in [0.2, 0.25) is 9.84 Å². The number of aryl methyl sites for hydroxylation is 1. The summed E-state index contributed by atoms with van der Waals surface area (Å²) in [4.78, 5) is -0.432. The van der Waals surface area contributed by atoms with Crippen LogP contribution in [-0.4, -0.2) is 18.6 Å². The monoisotopic (exact) mass is 264 g/mol. The molecule has 4 nitrogen and oxygen atoms in total. The first-order chi connectivity index (χ1) is 8.43. The Kier molecular flexibility index (Phi) is 3.00. The highest BCUT2D eigenvalue weighted by Gasteiger charge is 2.24. The molecule has 0 aromatic heterocycles. The first-order valence-electron chi connectivity index (χ1n) is 5.25. The van der Waals surface area contributed by atoms with Gasteiger partial charge in [0.25, 0.3) is 0 Å². The summed E-state index contributed by atoms with van der Waals surface area (Å²) in [5.41, 5.74) is 0.926. The van der Waals surface area contributed by atoms with Gasteiger partial charge in [0.15, 0.2) is 4.90 Å². The molecule has 0 spiro atoms. The lowest BCUT2D eigenvalue weighted by molar-refractivity contribution is 0.423. The number of sulfone groups is 1. The quantitative estimate of drug-likeness (QED) is 0.872. The number of benzene rings is 2. The second-order valence-electron chi connectivity index (χ2n) is 3.94. The number of hydrogen-bond acceptors (Lipinski definition) is 4. The Morgan fingerprint density at radius 1 is 0.889 bits per heavy atom. The number of aromatic hydroxyl groups is 2. The van der Waals surface area contributed by atoms with Gasteiger partial charge in [-0.1, -0.05) is 23.8 Å². The van der Waals surface area contributed by atoms with E-state index < -0.39 is 26.2 Å². The smallest absolute Gasteiger partial charge is 0.213 e.